The molecule has 1 aliphatic carbocycles. The number of benzene rings is 2. The zero-order valence-corrected chi connectivity index (χ0v) is 19.3. The van der Waals surface area contributed by atoms with E-state index in [0.29, 0.717) is 17.5 Å². The molecule has 0 bridgehead atoms. The molecule has 0 aliphatic heterocycles. The first-order valence-corrected chi connectivity index (χ1v) is 11.3. The lowest BCUT2D eigenvalue weighted by atomic mass is 9.74. The van der Waals surface area contributed by atoms with Gasteiger partial charge in [0.2, 0.25) is 0 Å². The Balaban J connectivity index is 0.000000406. The van der Waals surface area contributed by atoms with E-state index in [9.17, 15) is 13.2 Å². The number of fused-ring (bicyclic) bond motifs is 1. The summed E-state index contributed by atoms with van der Waals surface area (Å²) in [5.41, 5.74) is 10.9. The van der Waals surface area contributed by atoms with E-state index in [-0.39, 0.29) is 0 Å². The van der Waals surface area contributed by atoms with Gasteiger partial charge in [0.05, 0.1) is 11.0 Å². The van der Waals surface area contributed by atoms with Gasteiger partial charge in [-0.25, -0.2) is 9.78 Å². The third-order valence-electron chi connectivity index (χ3n) is 6.54. The Kier molecular flexibility index (Phi) is 7.99. The van der Waals surface area contributed by atoms with Crippen LogP contribution in [0.3, 0.4) is 0 Å². The highest BCUT2D eigenvalue weighted by Crippen LogP contribution is 2.35. The molecule has 0 saturated heterocycles. The van der Waals surface area contributed by atoms with E-state index >= 15 is 0 Å². The third kappa shape index (κ3) is 6.36. The molecule has 1 atom stereocenters. The van der Waals surface area contributed by atoms with Crippen molar-refractivity contribution < 1.29 is 23.1 Å². The molecule has 1 unspecified atom stereocenters. The van der Waals surface area contributed by atoms with E-state index in [1.807, 2.05) is 18.5 Å². The molecule has 1 fully saturated rings. The number of alkyl halides is 3. The van der Waals surface area contributed by atoms with Gasteiger partial charge in [0.15, 0.2) is 0 Å². The number of hydrogen-bond donors (Lipinski definition) is 3. The quantitative estimate of drug-likeness (QED) is 0.470. The number of nitrogens with zero attached hydrogens (tertiary/aromatic N) is 2. The first-order valence-electron chi connectivity index (χ1n) is 11.3. The Labute approximate surface area is 197 Å². The van der Waals surface area contributed by atoms with E-state index in [4.69, 9.17) is 15.6 Å². The van der Waals surface area contributed by atoms with Gasteiger partial charge >= 0.3 is 12.1 Å². The zero-order valence-electron chi connectivity index (χ0n) is 19.3. The predicted molar refractivity (Wildman–Crippen MR) is 126 cm³/mol. The highest BCUT2D eigenvalue weighted by atomic mass is 19.4. The molecule has 1 aliphatic rings. The van der Waals surface area contributed by atoms with Crippen LogP contribution in [0.15, 0.2) is 54.9 Å². The second-order valence-corrected chi connectivity index (χ2v) is 9.18. The molecular weight excluding hydrogens is 445 g/mol. The lowest BCUT2D eigenvalue weighted by Gasteiger charge is -2.37. The molecule has 4 N–H and O–H groups in total. The summed E-state index contributed by atoms with van der Waals surface area (Å²) < 4.78 is 33.9. The molecule has 1 saturated carbocycles. The van der Waals surface area contributed by atoms with Gasteiger partial charge in [-0.3, -0.25) is 4.57 Å². The Hall–Kier alpha value is -2.91. The van der Waals surface area contributed by atoms with Gasteiger partial charge in [-0.05, 0) is 74.4 Å². The molecule has 6 nitrogen and oxygen atoms in total. The van der Waals surface area contributed by atoms with Crippen molar-refractivity contribution in [3.05, 3.63) is 60.4 Å². The van der Waals surface area contributed by atoms with E-state index < -0.39 is 12.1 Å². The Morgan fingerprint density at radius 3 is 2.35 bits per heavy atom. The average molecular weight is 477 g/mol. The summed E-state index contributed by atoms with van der Waals surface area (Å²) in [6.45, 7) is 5.39. The van der Waals surface area contributed by atoms with Crippen LogP contribution in [0.4, 0.5) is 13.2 Å². The van der Waals surface area contributed by atoms with Crippen LogP contribution in [0.2, 0.25) is 0 Å². The number of carboxylic acids is 1. The zero-order chi connectivity index (χ0) is 24.9. The lowest BCUT2D eigenvalue weighted by Crippen LogP contribution is -2.40. The molecule has 9 heteroatoms. The Morgan fingerprint density at radius 1 is 1.21 bits per heavy atom. The van der Waals surface area contributed by atoms with Crippen LogP contribution in [0.5, 0.6) is 0 Å². The Bertz CT molecular complexity index is 1090. The number of nitrogens with one attached hydrogen (secondary N) is 1. The minimum absolute atomic E-state index is 0.344. The van der Waals surface area contributed by atoms with Crippen molar-refractivity contribution in [2.24, 2.45) is 11.1 Å². The normalized spacial score (nSPS) is 21.5. The summed E-state index contributed by atoms with van der Waals surface area (Å²) in [6, 6.07) is 18.0. The maximum absolute atomic E-state index is 10.6. The monoisotopic (exact) mass is 476 g/mol. The third-order valence-corrected chi connectivity index (χ3v) is 6.54. The van der Waals surface area contributed by atoms with Crippen LogP contribution in [-0.2, 0) is 4.79 Å². The minimum atomic E-state index is -5.08. The molecule has 1 aromatic heterocycles. The number of carboxylic acid groups (broad SMARTS) is 1. The number of rotatable bonds is 5. The largest absolute Gasteiger partial charge is 0.490 e. The molecular formula is C25H31F3N4O2. The van der Waals surface area contributed by atoms with Gasteiger partial charge in [-0.1, -0.05) is 31.2 Å². The number of para-hydroxylation sites is 2. The number of carbonyl (C=O) groups is 1. The van der Waals surface area contributed by atoms with Crippen LogP contribution in [0.25, 0.3) is 16.7 Å². The summed E-state index contributed by atoms with van der Waals surface area (Å²) in [5, 5.41) is 10.9. The topological polar surface area (TPSA) is 93.2 Å². The van der Waals surface area contributed by atoms with Crippen molar-refractivity contribution in [2.45, 2.75) is 57.8 Å². The smallest absolute Gasteiger partial charge is 0.475 e. The Morgan fingerprint density at radius 2 is 1.79 bits per heavy atom. The van der Waals surface area contributed by atoms with E-state index in [1.54, 1.807) is 0 Å². The van der Waals surface area contributed by atoms with Gasteiger partial charge in [0.25, 0.3) is 0 Å². The minimum Gasteiger partial charge on any atom is -0.475 e. The summed E-state index contributed by atoms with van der Waals surface area (Å²) >= 11 is 0. The molecule has 34 heavy (non-hydrogen) atoms. The molecule has 3 aromatic rings. The lowest BCUT2D eigenvalue weighted by molar-refractivity contribution is -0.192. The second kappa shape index (κ2) is 10.6. The highest BCUT2D eigenvalue weighted by molar-refractivity contribution is 5.77. The van der Waals surface area contributed by atoms with Crippen LogP contribution in [0, 0.1) is 5.41 Å². The molecule has 0 spiro atoms. The van der Waals surface area contributed by atoms with E-state index in [1.165, 1.54) is 31.2 Å². The van der Waals surface area contributed by atoms with E-state index in [2.05, 4.69) is 65.1 Å². The van der Waals surface area contributed by atoms with Crippen molar-refractivity contribution in [1.82, 2.24) is 14.9 Å². The van der Waals surface area contributed by atoms with Crippen LogP contribution < -0.4 is 11.1 Å². The molecule has 0 radical (unpaired) electrons. The van der Waals surface area contributed by atoms with Crippen molar-refractivity contribution in [3.8, 4) is 5.69 Å². The van der Waals surface area contributed by atoms with Gasteiger partial charge in [-0.2, -0.15) is 13.2 Å². The second-order valence-electron chi connectivity index (χ2n) is 9.18. The van der Waals surface area contributed by atoms with Crippen LogP contribution in [-0.4, -0.2) is 39.4 Å². The molecule has 184 valence electrons. The van der Waals surface area contributed by atoms with Crippen LogP contribution >= 0.6 is 0 Å². The fraction of sp³-hybridized carbons (Fsp3) is 0.440. The summed E-state index contributed by atoms with van der Waals surface area (Å²) in [4.78, 5) is 13.4. The molecule has 2 aromatic carbocycles. The highest BCUT2D eigenvalue weighted by Gasteiger charge is 2.38. The molecule has 4 rings (SSSR count). The molecule has 0 amide bonds. The first-order chi connectivity index (χ1) is 16.0. The fourth-order valence-corrected chi connectivity index (χ4v) is 4.22. The van der Waals surface area contributed by atoms with Crippen molar-refractivity contribution >= 4 is 17.0 Å². The number of aromatic nitrogens is 2. The predicted octanol–water partition coefficient (Wildman–Crippen LogP) is 5.22. The van der Waals surface area contributed by atoms with Gasteiger partial charge < -0.3 is 16.2 Å². The summed E-state index contributed by atoms with van der Waals surface area (Å²) in [5.74, 6) is -2.76. The van der Waals surface area contributed by atoms with Gasteiger partial charge in [0, 0.05) is 17.8 Å². The number of halogens is 3. The van der Waals surface area contributed by atoms with Gasteiger partial charge in [0.1, 0.15) is 6.33 Å². The maximum atomic E-state index is 10.6. The fourth-order valence-electron chi connectivity index (χ4n) is 4.22. The standard InChI is InChI=1S/C23H30N4.C2HF3O2/c1-17(26-19-11-13-23(2,15-24)14-12-19)18-7-9-20(10-8-18)27-16-25-21-5-3-4-6-22(21)27;3-2(4,5)1(6)7/h3-10,16-17,19,26H,11-15,24H2,1-2H3;(H,6,7). The maximum Gasteiger partial charge on any atom is 0.490 e. The number of nitrogens with two attached hydrogens (primary N) is 1. The number of aliphatic carboxylic acids is 1. The van der Waals surface area contributed by atoms with Crippen molar-refractivity contribution in [2.75, 3.05) is 6.54 Å². The van der Waals surface area contributed by atoms with Gasteiger partial charge in [-0.15, -0.1) is 0 Å². The average Bonchev–Trinajstić information content (AvgIpc) is 3.25. The number of hydrogen-bond acceptors (Lipinski definition) is 4. The number of imidazole rings is 1. The van der Waals surface area contributed by atoms with Crippen LogP contribution in [0.1, 0.15) is 51.1 Å². The van der Waals surface area contributed by atoms with Crippen molar-refractivity contribution in [3.63, 3.8) is 0 Å². The van der Waals surface area contributed by atoms with E-state index in [0.717, 1.165) is 23.3 Å². The SMILES string of the molecule is CC(NC1CCC(C)(CN)CC1)c1ccc(-n2cnc3ccccc32)cc1.O=C(O)C(F)(F)F. The first kappa shape index (κ1) is 25.7. The molecule has 1 heterocycles. The van der Waals surface area contributed by atoms with Crippen molar-refractivity contribution in [1.29, 1.82) is 0 Å². The summed E-state index contributed by atoms with van der Waals surface area (Å²) in [7, 11) is 0. The summed E-state index contributed by atoms with van der Waals surface area (Å²) in [6.07, 6.45) is 1.70.